The van der Waals surface area contributed by atoms with Crippen LogP contribution in [0.25, 0.3) is 0 Å². The zero-order valence-electron chi connectivity index (χ0n) is 13.3. The summed E-state index contributed by atoms with van der Waals surface area (Å²) in [5.41, 5.74) is 1.57. The SMILES string of the molecule is CC1=CC(C)CC(CNC2CCN(c3ccccn3)C2)C1. The first kappa shape index (κ1) is 14.6. The van der Waals surface area contributed by atoms with E-state index >= 15 is 0 Å². The molecule has 3 nitrogen and oxygen atoms in total. The third-order valence-electron chi connectivity index (χ3n) is 4.74. The molecular formula is C18H27N3. The van der Waals surface area contributed by atoms with Crippen LogP contribution in [0.2, 0.25) is 0 Å². The van der Waals surface area contributed by atoms with Crippen LogP contribution in [-0.2, 0) is 0 Å². The van der Waals surface area contributed by atoms with Crippen molar-refractivity contribution in [1.82, 2.24) is 10.3 Å². The van der Waals surface area contributed by atoms with Gasteiger partial charge in [0.1, 0.15) is 5.82 Å². The lowest BCUT2D eigenvalue weighted by molar-refractivity contribution is 0.365. The molecule has 1 aromatic heterocycles. The number of nitrogens with zero attached hydrogens (tertiary/aromatic N) is 2. The second-order valence-electron chi connectivity index (χ2n) is 6.82. The highest BCUT2D eigenvalue weighted by Crippen LogP contribution is 2.27. The summed E-state index contributed by atoms with van der Waals surface area (Å²) in [7, 11) is 0. The van der Waals surface area contributed by atoms with Gasteiger partial charge in [0.2, 0.25) is 0 Å². The van der Waals surface area contributed by atoms with Crippen molar-refractivity contribution in [3.8, 4) is 0 Å². The van der Waals surface area contributed by atoms with Gasteiger partial charge in [-0.3, -0.25) is 0 Å². The molecule has 3 unspecified atom stereocenters. The number of allylic oxidation sites excluding steroid dienone is 2. The molecule has 114 valence electrons. The molecule has 0 saturated carbocycles. The molecule has 1 aliphatic carbocycles. The summed E-state index contributed by atoms with van der Waals surface area (Å²) in [4.78, 5) is 6.85. The van der Waals surface area contributed by atoms with E-state index in [2.05, 4.69) is 47.3 Å². The minimum Gasteiger partial charge on any atom is -0.355 e. The third-order valence-corrected chi connectivity index (χ3v) is 4.74. The van der Waals surface area contributed by atoms with Crippen molar-refractivity contribution in [1.29, 1.82) is 0 Å². The Balaban J connectivity index is 1.46. The van der Waals surface area contributed by atoms with Gasteiger partial charge in [-0.05, 0) is 56.7 Å². The number of hydrogen-bond donors (Lipinski definition) is 1. The van der Waals surface area contributed by atoms with Gasteiger partial charge in [-0.25, -0.2) is 4.98 Å². The molecule has 1 fully saturated rings. The highest BCUT2D eigenvalue weighted by atomic mass is 15.2. The second-order valence-corrected chi connectivity index (χ2v) is 6.82. The monoisotopic (exact) mass is 285 g/mol. The maximum Gasteiger partial charge on any atom is 0.128 e. The van der Waals surface area contributed by atoms with Crippen LogP contribution < -0.4 is 10.2 Å². The van der Waals surface area contributed by atoms with E-state index in [1.807, 2.05) is 12.3 Å². The Labute approximate surface area is 128 Å². The summed E-state index contributed by atoms with van der Waals surface area (Å²) >= 11 is 0. The number of aromatic nitrogens is 1. The number of pyridine rings is 1. The predicted octanol–water partition coefficient (Wildman–Crippen LogP) is 3.24. The van der Waals surface area contributed by atoms with Gasteiger partial charge in [-0.15, -0.1) is 0 Å². The van der Waals surface area contributed by atoms with Gasteiger partial charge in [-0.1, -0.05) is 24.6 Å². The molecule has 1 saturated heterocycles. The molecule has 2 aliphatic rings. The normalized spacial score (nSPS) is 29.5. The molecule has 1 N–H and O–H groups in total. The van der Waals surface area contributed by atoms with E-state index in [-0.39, 0.29) is 0 Å². The van der Waals surface area contributed by atoms with E-state index in [0.29, 0.717) is 6.04 Å². The maximum absolute atomic E-state index is 4.46. The molecule has 0 amide bonds. The molecule has 0 radical (unpaired) electrons. The lowest BCUT2D eigenvalue weighted by atomic mass is 9.83. The maximum atomic E-state index is 4.46. The van der Waals surface area contributed by atoms with Gasteiger partial charge in [0, 0.05) is 25.3 Å². The molecule has 3 heteroatoms. The van der Waals surface area contributed by atoms with Gasteiger partial charge < -0.3 is 10.2 Å². The third kappa shape index (κ3) is 3.85. The Hall–Kier alpha value is -1.35. The van der Waals surface area contributed by atoms with E-state index in [4.69, 9.17) is 0 Å². The van der Waals surface area contributed by atoms with Crippen molar-refractivity contribution in [2.24, 2.45) is 11.8 Å². The van der Waals surface area contributed by atoms with Crippen LogP contribution in [0, 0.1) is 11.8 Å². The van der Waals surface area contributed by atoms with Crippen LogP contribution in [0.4, 0.5) is 5.82 Å². The molecule has 3 atom stereocenters. The van der Waals surface area contributed by atoms with E-state index < -0.39 is 0 Å². The minimum atomic E-state index is 0.619. The lowest BCUT2D eigenvalue weighted by Crippen LogP contribution is -2.36. The van der Waals surface area contributed by atoms with E-state index in [1.165, 1.54) is 19.3 Å². The molecule has 2 heterocycles. The molecule has 0 aromatic carbocycles. The average Bonchev–Trinajstić information content (AvgIpc) is 2.94. The first-order valence-electron chi connectivity index (χ1n) is 8.27. The summed E-state index contributed by atoms with van der Waals surface area (Å²) in [5.74, 6) is 2.68. The van der Waals surface area contributed by atoms with Gasteiger partial charge in [0.25, 0.3) is 0 Å². The van der Waals surface area contributed by atoms with Crippen molar-refractivity contribution in [2.75, 3.05) is 24.5 Å². The average molecular weight is 285 g/mol. The second kappa shape index (κ2) is 6.61. The van der Waals surface area contributed by atoms with Gasteiger partial charge in [0.05, 0.1) is 0 Å². The van der Waals surface area contributed by atoms with Crippen molar-refractivity contribution in [3.63, 3.8) is 0 Å². The predicted molar refractivity (Wildman–Crippen MR) is 88.5 cm³/mol. The fraction of sp³-hybridized carbons (Fsp3) is 0.611. The Morgan fingerprint density at radius 3 is 3.05 bits per heavy atom. The van der Waals surface area contributed by atoms with Crippen LogP contribution in [0.3, 0.4) is 0 Å². The van der Waals surface area contributed by atoms with Crippen LogP contribution in [0.15, 0.2) is 36.0 Å². The number of hydrogen-bond acceptors (Lipinski definition) is 3. The molecule has 21 heavy (non-hydrogen) atoms. The largest absolute Gasteiger partial charge is 0.355 e. The smallest absolute Gasteiger partial charge is 0.128 e. The summed E-state index contributed by atoms with van der Waals surface area (Å²) in [5, 5.41) is 3.80. The summed E-state index contributed by atoms with van der Waals surface area (Å²) in [6.45, 7) is 7.99. The summed E-state index contributed by atoms with van der Waals surface area (Å²) in [6.07, 6.45) is 8.16. The molecular weight excluding hydrogens is 258 g/mol. The minimum absolute atomic E-state index is 0.619. The van der Waals surface area contributed by atoms with Crippen molar-refractivity contribution >= 4 is 5.82 Å². The number of rotatable bonds is 4. The molecule has 0 bridgehead atoms. The summed E-state index contributed by atoms with van der Waals surface area (Å²) < 4.78 is 0. The first-order valence-corrected chi connectivity index (χ1v) is 8.27. The zero-order chi connectivity index (χ0) is 14.7. The van der Waals surface area contributed by atoms with E-state index in [1.54, 1.807) is 5.57 Å². The Morgan fingerprint density at radius 2 is 2.29 bits per heavy atom. The topological polar surface area (TPSA) is 28.2 Å². The molecule has 1 aliphatic heterocycles. The van der Waals surface area contributed by atoms with Crippen LogP contribution in [-0.4, -0.2) is 30.7 Å². The summed E-state index contributed by atoms with van der Waals surface area (Å²) in [6, 6.07) is 6.78. The molecule has 1 aromatic rings. The highest BCUT2D eigenvalue weighted by Gasteiger charge is 2.25. The highest BCUT2D eigenvalue weighted by molar-refractivity contribution is 5.39. The molecule has 3 rings (SSSR count). The van der Waals surface area contributed by atoms with Crippen LogP contribution >= 0.6 is 0 Å². The Bertz CT molecular complexity index is 482. The fourth-order valence-electron chi connectivity index (χ4n) is 3.85. The van der Waals surface area contributed by atoms with Crippen LogP contribution in [0.5, 0.6) is 0 Å². The van der Waals surface area contributed by atoms with Crippen molar-refractivity contribution in [3.05, 3.63) is 36.0 Å². The first-order chi connectivity index (χ1) is 10.2. The van der Waals surface area contributed by atoms with E-state index in [9.17, 15) is 0 Å². The Morgan fingerprint density at radius 1 is 1.38 bits per heavy atom. The van der Waals surface area contributed by atoms with Gasteiger partial charge >= 0.3 is 0 Å². The number of anilines is 1. The quantitative estimate of drug-likeness (QED) is 0.861. The number of nitrogens with one attached hydrogen (secondary N) is 1. The van der Waals surface area contributed by atoms with Crippen molar-refractivity contribution in [2.45, 2.75) is 39.2 Å². The lowest BCUT2D eigenvalue weighted by Gasteiger charge is -2.27. The van der Waals surface area contributed by atoms with Gasteiger partial charge in [-0.2, -0.15) is 0 Å². The fourth-order valence-corrected chi connectivity index (χ4v) is 3.85. The van der Waals surface area contributed by atoms with Gasteiger partial charge in [0.15, 0.2) is 0 Å². The van der Waals surface area contributed by atoms with Crippen LogP contribution in [0.1, 0.15) is 33.1 Å². The van der Waals surface area contributed by atoms with Crippen molar-refractivity contribution < 1.29 is 0 Å². The molecule has 0 spiro atoms. The Kier molecular flexibility index (Phi) is 4.59. The standard InChI is InChI=1S/C18H27N3/c1-14-9-15(2)11-16(10-14)12-20-17-6-8-21(13-17)18-5-3-4-7-19-18/h3-5,7,9,14,16-17,20H,6,8,10-13H2,1-2H3. The van der Waals surface area contributed by atoms with E-state index in [0.717, 1.165) is 37.3 Å². The zero-order valence-corrected chi connectivity index (χ0v) is 13.3.